The van der Waals surface area contributed by atoms with Crippen LogP contribution in [0.15, 0.2) is 12.3 Å². The molecule has 0 radical (unpaired) electrons. The van der Waals surface area contributed by atoms with Gasteiger partial charge in [-0.1, -0.05) is 0 Å². The molecule has 1 amide bonds. The van der Waals surface area contributed by atoms with E-state index in [9.17, 15) is 14.4 Å². The number of H-pyrrole nitrogens is 1. The molecule has 1 heterocycles. The van der Waals surface area contributed by atoms with Gasteiger partial charge in [-0.05, 0) is 47.6 Å². The van der Waals surface area contributed by atoms with Crippen LogP contribution in [-0.2, 0) is 9.53 Å². The molecular weight excluding hydrogens is 284 g/mol. The van der Waals surface area contributed by atoms with Crippen molar-refractivity contribution in [3.05, 3.63) is 23.5 Å². The molecule has 6 nitrogen and oxygen atoms in total. The molecule has 0 fully saturated rings. The average molecular weight is 308 g/mol. The first-order valence-corrected chi connectivity index (χ1v) is 7.37. The number of aromatic amines is 1. The van der Waals surface area contributed by atoms with Gasteiger partial charge < -0.3 is 14.6 Å². The summed E-state index contributed by atoms with van der Waals surface area (Å²) in [4.78, 5) is 40.0. The molecule has 1 aromatic rings. The minimum atomic E-state index is -0.888. The molecule has 0 saturated heterocycles. The minimum absolute atomic E-state index is 0.0171. The van der Waals surface area contributed by atoms with Crippen LogP contribution in [0.3, 0.4) is 0 Å². The number of carbonyl (C=O) groups is 3. The first kappa shape index (κ1) is 17.9. The van der Waals surface area contributed by atoms with Gasteiger partial charge in [0, 0.05) is 23.8 Å². The van der Waals surface area contributed by atoms with Gasteiger partial charge in [-0.15, -0.1) is 0 Å². The number of hydrogen-bond donors (Lipinski definition) is 1. The average Bonchev–Trinajstić information content (AvgIpc) is 2.87. The van der Waals surface area contributed by atoms with E-state index < -0.39 is 12.1 Å². The van der Waals surface area contributed by atoms with Crippen LogP contribution in [0.2, 0.25) is 0 Å². The van der Waals surface area contributed by atoms with Crippen LogP contribution in [0.25, 0.3) is 0 Å². The number of esters is 1. The Morgan fingerprint density at radius 2 is 1.64 bits per heavy atom. The molecule has 0 aromatic carbocycles. The first-order chi connectivity index (χ1) is 10.1. The summed E-state index contributed by atoms with van der Waals surface area (Å²) in [7, 11) is 0. The summed E-state index contributed by atoms with van der Waals surface area (Å²) < 4.78 is 5.20. The fourth-order valence-electron chi connectivity index (χ4n) is 2.31. The van der Waals surface area contributed by atoms with Gasteiger partial charge in [0.25, 0.3) is 5.91 Å². The predicted octanol–water partition coefficient (Wildman–Crippen LogP) is 2.41. The summed E-state index contributed by atoms with van der Waals surface area (Å²) in [5, 5.41) is 0. The lowest BCUT2D eigenvalue weighted by atomic mass is 10.2. The molecule has 0 bridgehead atoms. The van der Waals surface area contributed by atoms with Crippen molar-refractivity contribution in [1.82, 2.24) is 9.88 Å². The number of ether oxygens (including phenoxy) is 1. The second-order valence-corrected chi connectivity index (χ2v) is 5.84. The summed E-state index contributed by atoms with van der Waals surface area (Å²) >= 11 is 0. The van der Waals surface area contributed by atoms with Crippen LogP contribution in [0, 0.1) is 0 Å². The van der Waals surface area contributed by atoms with Gasteiger partial charge in [-0.2, -0.15) is 0 Å². The molecule has 0 saturated carbocycles. The van der Waals surface area contributed by atoms with Gasteiger partial charge in [-0.3, -0.25) is 9.59 Å². The molecule has 22 heavy (non-hydrogen) atoms. The van der Waals surface area contributed by atoms with Gasteiger partial charge in [-0.25, -0.2) is 4.79 Å². The van der Waals surface area contributed by atoms with Crippen LogP contribution in [0.5, 0.6) is 0 Å². The molecule has 0 unspecified atom stereocenters. The van der Waals surface area contributed by atoms with Crippen LogP contribution < -0.4 is 0 Å². The third-order valence-electron chi connectivity index (χ3n) is 3.31. The van der Waals surface area contributed by atoms with Crippen LogP contribution in [0.1, 0.15) is 62.4 Å². The number of nitrogens with zero attached hydrogens (tertiary/aromatic N) is 1. The van der Waals surface area contributed by atoms with E-state index in [1.54, 1.807) is 11.8 Å². The van der Waals surface area contributed by atoms with E-state index in [2.05, 4.69) is 4.98 Å². The number of ketones is 1. The Morgan fingerprint density at radius 3 is 2.05 bits per heavy atom. The van der Waals surface area contributed by atoms with E-state index in [1.807, 2.05) is 27.7 Å². The maximum Gasteiger partial charge on any atom is 0.355 e. The molecule has 6 heteroatoms. The van der Waals surface area contributed by atoms with Crippen molar-refractivity contribution >= 4 is 17.7 Å². The summed E-state index contributed by atoms with van der Waals surface area (Å²) in [6, 6.07) is 1.46. The molecule has 0 spiro atoms. The van der Waals surface area contributed by atoms with Crippen molar-refractivity contribution < 1.29 is 19.1 Å². The maximum atomic E-state index is 12.4. The number of nitrogens with one attached hydrogen (secondary N) is 1. The largest absolute Gasteiger partial charge is 0.448 e. The lowest BCUT2D eigenvalue weighted by Crippen LogP contribution is -2.47. The summed E-state index contributed by atoms with van der Waals surface area (Å²) in [5.74, 6) is -1.04. The second kappa shape index (κ2) is 7.24. The van der Waals surface area contributed by atoms with E-state index >= 15 is 0 Å². The van der Waals surface area contributed by atoms with E-state index in [4.69, 9.17) is 4.74 Å². The molecule has 122 valence electrons. The lowest BCUT2D eigenvalue weighted by Gasteiger charge is -2.32. The maximum absolute atomic E-state index is 12.4. The second-order valence-electron chi connectivity index (χ2n) is 5.84. The number of Topliss-reactive ketones (excluding diaryl/α,β-unsaturated/α-hetero) is 1. The zero-order valence-electron chi connectivity index (χ0n) is 14.0. The number of hydrogen-bond acceptors (Lipinski definition) is 4. The number of carbonyl (C=O) groups excluding carboxylic acids is 3. The highest BCUT2D eigenvalue weighted by molar-refractivity contribution is 5.98. The van der Waals surface area contributed by atoms with Crippen molar-refractivity contribution in [3.63, 3.8) is 0 Å². The fraction of sp³-hybridized carbons (Fsp3) is 0.562. The molecule has 0 aliphatic rings. The van der Waals surface area contributed by atoms with Gasteiger partial charge in [0.2, 0.25) is 0 Å². The first-order valence-electron chi connectivity index (χ1n) is 7.37. The quantitative estimate of drug-likeness (QED) is 0.646. The van der Waals surface area contributed by atoms with Gasteiger partial charge in [0.15, 0.2) is 11.9 Å². The molecule has 1 N–H and O–H groups in total. The molecule has 1 rings (SSSR count). The van der Waals surface area contributed by atoms with E-state index in [1.165, 1.54) is 19.2 Å². The summed E-state index contributed by atoms with van der Waals surface area (Å²) in [6.45, 7) is 10.6. The minimum Gasteiger partial charge on any atom is -0.448 e. The third kappa shape index (κ3) is 4.19. The zero-order valence-corrected chi connectivity index (χ0v) is 14.0. The van der Waals surface area contributed by atoms with Crippen LogP contribution in [-0.4, -0.2) is 45.7 Å². The molecule has 1 aromatic heterocycles. The van der Waals surface area contributed by atoms with Crippen molar-refractivity contribution in [2.75, 3.05) is 0 Å². The Kier molecular flexibility index (Phi) is 5.91. The highest BCUT2D eigenvalue weighted by atomic mass is 16.5. The Morgan fingerprint density at radius 1 is 1.09 bits per heavy atom. The molecule has 0 aliphatic carbocycles. The van der Waals surface area contributed by atoms with Crippen molar-refractivity contribution in [1.29, 1.82) is 0 Å². The highest BCUT2D eigenvalue weighted by Gasteiger charge is 2.28. The Balaban J connectivity index is 2.77. The van der Waals surface area contributed by atoms with Crippen LogP contribution >= 0.6 is 0 Å². The van der Waals surface area contributed by atoms with Gasteiger partial charge in [0.1, 0.15) is 5.69 Å². The highest BCUT2D eigenvalue weighted by Crippen LogP contribution is 2.12. The van der Waals surface area contributed by atoms with Crippen molar-refractivity contribution in [2.45, 2.75) is 59.7 Å². The summed E-state index contributed by atoms with van der Waals surface area (Å²) in [6.07, 6.45) is 0.557. The van der Waals surface area contributed by atoms with Gasteiger partial charge in [0.05, 0.1) is 0 Å². The fourth-order valence-corrected chi connectivity index (χ4v) is 2.31. The molecule has 0 aliphatic heterocycles. The predicted molar refractivity (Wildman–Crippen MR) is 82.8 cm³/mol. The Hall–Kier alpha value is -2.11. The van der Waals surface area contributed by atoms with E-state index in [0.717, 1.165) is 0 Å². The summed E-state index contributed by atoms with van der Waals surface area (Å²) in [5.41, 5.74) is 0.558. The SMILES string of the molecule is CC(=O)c1c[nH]c(C(=O)O[C@H](C)C(=O)N(C(C)C)C(C)C)c1. The number of amides is 1. The Labute approximate surface area is 130 Å². The standard InChI is InChI=1S/C16H24N2O4/c1-9(2)18(10(3)4)15(20)12(6)22-16(21)14-7-13(8-17-14)11(5)19/h7-10,12,17H,1-6H3/t12-/m1/s1. The number of aromatic nitrogens is 1. The molecule has 1 atom stereocenters. The normalized spacial score (nSPS) is 12.4. The third-order valence-corrected chi connectivity index (χ3v) is 3.31. The van der Waals surface area contributed by atoms with E-state index in [0.29, 0.717) is 5.56 Å². The number of rotatable bonds is 6. The zero-order chi connectivity index (χ0) is 17.0. The van der Waals surface area contributed by atoms with Gasteiger partial charge >= 0.3 is 5.97 Å². The van der Waals surface area contributed by atoms with Crippen molar-refractivity contribution in [3.8, 4) is 0 Å². The smallest absolute Gasteiger partial charge is 0.355 e. The molecular formula is C16H24N2O4. The topological polar surface area (TPSA) is 79.5 Å². The van der Waals surface area contributed by atoms with Crippen LogP contribution in [0.4, 0.5) is 0 Å². The monoisotopic (exact) mass is 308 g/mol. The lowest BCUT2D eigenvalue weighted by molar-refractivity contribution is -0.143. The van der Waals surface area contributed by atoms with Crippen molar-refractivity contribution in [2.24, 2.45) is 0 Å². The van der Waals surface area contributed by atoms with E-state index in [-0.39, 0.29) is 29.5 Å². The Bertz CT molecular complexity index is 552.